The zero-order valence-electron chi connectivity index (χ0n) is 13.8. The molecule has 0 aliphatic carbocycles. The molecule has 24 heavy (non-hydrogen) atoms. The summed E-state index contributed by atoms with van der Waals surface area (Å²) in [5.74, 6) is 2.23. The Kier molecular flexibility index (Phi) is 4.91. The van der Waals surface area contributed by atoms with E-state index in [0.717, 1.165) is 22.9 Å². The first-order valence-corrected chi connectivity index (χ1v) is 7.89. The van der Waals surface area contributed by atoms with Crippen molar-refractivity contribution in [2.75, 3.05) is 17.2 Å². The van der Waals surface area contributed by atoms with Crippen LogP contribution in [0.4, 0.5) is 23.0 Å². The highest BCUT2D eigenvalue weighted by Crippen LogP contribution is 2.27. The number of aryl methyl sites for hydroxylation is 1. The maximum absolute atomic E-state index is 5.62. The van der Waals surface area contributed by atoms with Crippen LogP contribution in [0.25, 0.3) is 0 Å². The van der Waals surface area contributed by atoms with Crippen molar-refractivity contribution in [3.63, 3.8) is 0 Å². The summed E-state index contributed by atoms with van der Waals surface area (Å²) in [6.45, 7) is 4.64. The van der Waals surface area contributed by atoms with Crippen LogP contribution in [0.5, 0.6) is 5.75 Å². The molecule has 122 valence electrons. The summed E-state index contributed by atoms with van der Waals surface area (Å²) in [6.07, 6.45) is 1.53. The number of hydrogen-bond acceptors (Lipinski definition) is 5. The molecule has 0 aliphatic heterocycles. The van der Waals surface area contributed by atoms with Crippen LogP contribution in [-0.4, -0.2) is 16.6 Å². The largest absolute Gasteiger partial charge is 0.492 e. The Hall–Kier alpha value is -3.08. The lowest BCUT2D eigenvalue weighted by Gasteiger charge is -2.12. The number of nitrogens with one attached hydrogen (secondary N) is 2. The molecule has 0 spiro atoms. The maximum Gasteiger partial charge on any atom is 0.142 e. The Morgan fingerprint density at radius 3 is 2.38 bits per heavy atom. The molecule has 1 aromatic heterocycles. The summed E-state index contributed by atoms with van der Waals surface area (Å²) < 4.78 is 5.62. The Morgan fingerprint density at radius 1 is 0.917 bits per heavy atom. The third-order valence-electron chi connectivity index (χ3n) is 3.44. The number of para-hydroxylation sites is 2. The predicted octanol–water partition coefficient (Wildman–Crippen LogP) is 4.67. The summed E-state index contributed by atoms with van der Waals surface area (Å²) in [6, 6.07) is 17.8. The molecule has 1 heterocycles. The normalized spacial score (nSPS) is 10.2. The lowest BCUT2D eigenvalue weighted by molar-refractivity contribution is 0.342. The number of benzene rings is 2. The number of nitrogens with zero attached hydrogens (tertiary/aromatic N) is 2. The van der Waals surface area contributed by atoms with E-state index in [1.165, 1.54) is 11.9 Å². The Labute approximate surface area is 141 Å². The van der Waals surface area contributed by atoms with Gasteiger partial charge in [-0.05, 0) is 38.1 Å². The van der Waals surface area contributed by atoms with E-state index in [9.17, 15) is 0 Å². The van der Waals surface area contributed by atoms with Gasteiger partial charge in [0.25, 0.3) is 0 Å². The van der Waals surface area contributed by atoms with Crippen LogP contribution in [0.1, 0.15) is 12.5 Å². The molecule has 0 bridgehead atoms. The Bertz CT molecular complexity index is 802. The molecule has 2 aromatic carbocycles. The van der Waals surface area contributed by atoms with Crippen LogP contribution < -0.4 is 15.4 Å². The molecule has 5 nitrogen and oxygen atoms in total. The first kappa shape index (κ1) is 15.8. The zero-order chi connectivity index (χ0) is 16.8. The van der Waals surface area contributed by atoms with Gasteiger partial charge in [-0.3, -0.25) is 0 Å². The second-order valence-corrected chi connectivity index (χ2v) is 5.33. The zero-order valence-corrected chi connectivity index (χ0v) is 13.8. The van der Waals surface area contributed by atoms with Gasteiger partial charge in [-0.25, -0.2) is 9.97 Å². The number of anilines is 4. The second kappa shape index (κ2) is 7.46. The van der Waals surface area contributed by atoms with Gasteiger partial charge >= 0.3 is 0 Å². The lowest BCUT2D eigenvalue weighted by Crippen LogP contribution is -2.01. The fraction of sp³-hybridized carbons (Fsp3) is 0.158. The minimum absolute atomic E-state index is 0.614. The first-order chi connectivity index (χ1) is 11.7. The van der Waals surface area contributed by atoms with E-state index in [1.54, 1.807) is 0 Å². The third kappa shape index (κ3) is 4.01. The van der Waals surface area contributed by atoms with Gasteiger partial charge in [-0.2, -0.15) is 0 Å². The molecule has 0 saturated heterocycles. The number of rotatable bonds is 6. The van der Waals surface area contributed by atoms with Gasteiger partial charge in [0, 0.05) is 11.8 Å². The maximum atomic E-state index is 5.62. The topological polar surface area (TPSA) is 59.1 Å². The summed E-state index contributed by atoms with van der Waals surface area (Å²) in [5.41, 5.74) is 3.08. The van der Waals surface area contributed by atoms with Crippen molar-refractivity contribution in [3.8, 4) is 5.75 Å². The van der Waals surface area contributed by atoms with Crippen LogP contribution in [0.15, 0.2) is 60.9 Å². The summed E-state index contributed by atoms with van der Waals surface area (Å²) in [7, 11) is 0. The molecule has 5 heteroatoms. The SMILES string of the molecule is CCOc1ccccc1Nc1cc(Nc2ccc(C)cc2)ncn1. The van der Waals surface area contributed by atoms with Gasteiger partial charge in [0.15, 0.2) is 0 Å². The van der Waals surface area contributed by atoms with Crippen molar-refractivity contribution < 1.29 is 4.74 Å². The van der Waals surface area contributed by atoms with Crippen molar-refractivity contribution >= 4 is 23.0 Å². The molecule has 0 saturated carbocycles. The minimum atomic E-state index is 0.614. The molecule has 0 radical (unpaired) electrons. The van der Waals surface area contributed by atoms with Crippen LogP contribution in [0, 0.1) is 6.92 Å². The van der Waals surface area contributed by atoms with Gasteiger partial charge in [0.1, 0.15) is 23.7 Å². The van der Waals surface area contributed by atoms with Crippen molar-refractivity contribution in [2.45, 2.75) is 13.8 Å². The van der Waals surface area contributed by atoms with E-state index >= 15 is 0 Å². The molecule has 0 amide bonds. The van der Waals surface area contributed by atoms with Crippen molar-refractivity contribution in [2.24, 2.45) is 0 Å². The average molecular weight is 320 g/mol. The van der Waals surface area contributed by atoms with Crippen LogP contribution in [0.2, 0.25) is 0 Å². The summed E-state index contributed by atoms with van der Waals surface area (Å²) in [5, 5.41) is 6.55. The quantitative estimate of drug-likeness (QED) is 0.691. The monoisotopic (exact) mass is 320 g/mol. The molecular weight excluding hydrogens is 300 g/mol. The highest BCUT2D eigenvalue weighted by atomic mass is 16.5. The fourth-order valence-electron chi connectivity index (χ4n) is 2.27. The Morgan fingerprint density at radius 2 is 1.62 bits per heavy atom. The Balaban J connectivity index is 1.77. The number of aromatic nitrogens is 2. The first-order valence-electron chi connectivity index (χ1n) is 7.89. The molecule has 3 aromatic rings. The number of ether oxygens (including phenoxy) is 1. The van der Waals surface area contributed by atoms with Gasteiger partial charge < -0.3 is 15.4 Å². The fourth-order valence-corrected chi connectivity index (χ4v) is 2.27. The highest BCUT2D eigenvalue weighted by Gasteiger charge is 2.05. The molecule has 2 N–H and O–H groups in total. The third-order valence-corrected chi connectivity index (χ3v) is 3.44. The van der Waals surface area contributed by atoms with E-state index in [2.05, 4.69) is 39.7 Å². The molecule has 0 atom stereocenters. The lowest BCUT2D eigenvalue weighted by atomic mass is 10.2. The molecular formula is C19H20N4O. The second-order valence-electron chi connectivity index (χ2n) is 5.33. The van der Waals surface area contributed by atoms with E-state index in [1.807, 2.05) is 49.4 Å². The van der Waals surface area contributed by atoms with E-state index in [4.69, 9.17) is 4.74 Å². The molecule has 0 fully saturated rings. The van der Waals surface area contributed by atoms with Crippen LogP contribution in [0.3, 0.4) is 0 Å². The minimum Gasteiger partial charge on any atom is -0.492 e. The molecule has 0 aliphatic rings. The van der Waals surface area contributed by atoms with Crippen molar-refractivity contribution in [1.82, 2.24) is 9.97 Å². The highest BCUT2D eigenvalue weighted by molar-refractivity contribution is 5.66. The van der Waals surface area contributed by atoms with Gasteiger partial charge in [0.2, 0.25) is 0 Å². The summed E-state index contributed by atoms with van der Waals surface area (Å²) >= 11 is 0. The summed E-state index contributed by atoms with van der Waals surface area (Å²) in [4.78, 5) is 8.54. The van der Waals surface area contributed by atoms with E-state index < -0.39 is 0 Å². The predicted molar refractivity (Wildman–Crippen MR) is 97.4 cm³/mol. The van der Waals surface area contributed by atoms with Crippen LogP contribution >= 0.6 is 0 Å². The number of hydrogen-bond donors (Lipinski definition) is 2. The molecule has 3 rings (SSSR count). The van der Waals surface area contributed by atoms with Gasteiger partial charge in [-0.15, -0.1) is 0 Å². The van der Waals surface area contributed by atoms with Crippen molar-refractivity contribution in [3.05, 3.63) is 66.5 Å². The van der Waals surface area contributed by atoms with Gasteiger partial charge in [-0.1, -0.05) is 29.8 Å². The van der Waals surface area contributed by atoms with E-state index in [0.29, 0.717) is 12.4 Å². The molecule has 0 unspecified atom stereocenters. The van der Waals surface area contributed by atoms with Crippen molar-refractivity contribution in [1.29, 1.82) is 0 Å². The van der Waals surface area contributed by atoms with Crippen LogP contribution in [-0.2, 0) is 0 Å². The van der Waals surface area contributed by atoms with E-state index in [-0.39, 0.29) is 0 Å². The smallest absolute Gasteiger partial charge is 0.142 e. The van der Waals surface area contributed by atoms with Gasteiger partial charge in [0.05, 0.1) is 12.3 Å². The standard InChI is InChI=1S/C19H20N4O/c1-3-24-17-7-5-4-6-16(17)23-19-12-18(20-13-21-19)22-15-10-8-14(2)9-11-15/h4-13H,3H2,1-2H3,(H2,20,21,22,23). The average Bonchev–Trinajstić information content (AvgIpc) is 2.59.